The molecule has 0 aliphatic heterocycles. The summed E-state index contributed by atoms with van der Waals surface area (Å²) in [6.45, 7) is 3.82. The van der Waals surface area contributed by atoms with Gasteiger partial charge in [-0.1, -0.05) is 97.6 Å². The second-order valence-corrected chi connectivity index (χ2v) is 5.13. The standard InChI is InChI=1S/C21H18/c1-2-17-13-15-20(16-14-17)21(18-9-5-3-6-10-18)19-11-7-4-8-12-19/h2-16,21H,1H2. The number of benzene rings is 3. The first kappa shape index (κ1) is 13.4. The van der Waals surface area contributed by atoms with E-state index in [1.54, 1.807) is 0 Å². The lowest BCUT2D eigenvalue weighted by Gasteiger charge is -2.19. The fourth-order valence-corrected chi connectivity index (χ4v) is 2.69. The SMILES string of the molecule is C=Cc1ccc(C(c2ccccc2)c2ccccc2)cc1. The van der Waals surface area contributed by atoms with E-state index in [1.165, 1.54) is 16.7 Å². The Labute approximate surface area is 126 Å². The lowest BCUT2D eigenvalue weighted by molar-refractivity contribution is 0.977. The van der Waals surface area contributed by atoms with Crippen molar-refractivity contribution in [2.24, 2.45) is 0 Å². The lowest BCUT2D eigenvalue weighted by atomic mass is 9.85. The van der Waals surface area contributed by atoms with Crippen molar-refractivity contribution in [3.05, 3.63) is 114 Å². The summed E-state index contributed by atoms with van der Waals surface area (Å²) in [5.74, 6) is 0.270. The van der Waals surface area contributed by atoms with Crippen molar-refractivity contribution in [3.8, 4) is 0 Å². The number of rotatable bonds is 4. The molecule has 3 rings (SSSR count). The molecule has 0 aromatic heterocycles. The van der Waals surface area contributed by atoms with Gasteiger partial charge in [-0.05, 0) is 22.3 Å². The van der Waals surface area contributed by atoms with E-state index in [-0.39, 0.29) is 5.92 Å². The summed E-state index contributed by atoms with van der Waals surface area (Å²) in [6.07, 6.45) is 1.88. The minimum Gasteiger partial charge on any atom is -0.0985 e. The molecule has 0 heterocycles. The molecule has 0 bridgehead atoms. The highest BCUT2D eigenvalue weighted by Crippen LogP contribution is 2.31. The van der Waals surface area contributed by atoms with Gasteiger partial charge in [-0.3, -0.25) is 0 Å². The van der Waals surface area contributed by atoms with Crippen LogP contribution in [-0.2, 0) is 0 Å². The first-order valence-electron chi connectivity index (χ1n) is 7.21. The Morgan fingerprint density at radius 1 is 0.571 bits per heavy atom. The van der Waals surface area contributed by atoms with Gasteiger partial charge in [0.2, 0.25) is 0 Å². The number of hydrogen-bond acceptors (Lipinski definition) is 0. The predicted molar refractivity (Wildman–Crippen MR) is 90.4 cm³/mol. The first-order chi connectivity index (χ1) is 10.4. The summed E-state index contributed by atoms with van der Waals surface area (Å²) in [5, 5.41) is 0. The topological polar surface area (TPSA) is 0 Å². The zero-order chi connectivity index (χ0) is 14.5. The van der Waals surface area contributed by atoms with Crippen LogP contribution in [0.25, 0.3) is 6.08 Å². The van der Waals surface area contributed by atoms with Crippen molar-refractivity contribution in [2.75, 3.05) is 0 Å². The van der Waals surface area contributed by atoms with Crippen LogP contribution in [0.1, 0.15) is 28.2 Å². The maximum atomic E-state index is 3.82. The van der Waals surface area contributed by atoms with Gasteiger partial charge in [0, 0.05) is 5.92 Å². The Kier molecular flexibility index (Phi) is 3.97. The molecule has 0 atom stereocenters. The molecule has 0 saturated heterocycles. The fourth-order valence-electron chi connectivity index (χ4n) is 2.69. The zero-order valence-electron chi connectivity index (χ0n) is 11.9. The summed E-state index contributed by atoms with van der Waals surface area (Å²) < 4.78 is 0. The molecule has 102 valence electrons. The summed E-state index contributed by atoms with van der Waals surface area (Å²) in [7, 11) is 0. The van der Waals surface area contributed by atoms with Crippen LogP contribution in [0.15, 0.2) is 91.5 Å². The average molecular weight is 270 g/mol. The van der Waals surface area contributed by atoms with Crippen molar-refractivity contribution < 1.29 is 0 Å². The lowest BCUT2D eigenvalue weighted by Crippen LogP contribution is -2.03. The third-order valence-corrected chi connectivity index (χ3v) is 3.77. The van der Waals surface area contributed by atoms with Crippen molar-refractivity contribution in [3.63, 3.8) is 0 Å². The quantitative estimate of drug-likeness (QED) is 0.548. The molecule has 0 heteroatoms. The Hall–Kier alpha value is -2.60. The largest absolute Gasteiger partial charge is 0.0985 e. The van der Waals surface area contributed by atoms with Crippen LogP contribution in [-0.4, -0.2) is 0 Å². The van der Waals surface area contributed by atoms with Crippen molar-refractivity contribution >= 4 is 6.08 Å². The van der Waals surface area contributed by atoms with Gasteiger partial charge in [0.15, 0.2) is 0 Å². The van der Waals surface area contributed by atoms with Gasteiger partial charge >= 0.3 is 0 Å². The minimum absolute atomic E-state index is 0.270. The highest BCUT2D eigenvalue weighted by Gasteiger charge is 2.15. The minimum atomic E-state index is 0.270. The van der Waals surface area contributed by atoms with Crippen LogP contribution in [0.3, 0.4) is 0 Å². The Morgan fingerprint density at radius 2 is 1.00 bits per heavy atom. The summed E-state index contributed by atoms with van der Waals surface area (Å²) in [4.78, 5) is 0. The zero-order valence-corrected chi connectivity index (χ0v) is 11.9. The molecule has 0 aliphatic carbocycles. The Morgan fingerprint density at radius 3 is 1.43 bits per heavy atom. The van der Waals surface area contributed by atoms with Crippen molar-refractivity contribution in [2.45, 2.75) is 5.92 Å². The van der Waals surface area contributed by atoms with Crippen LogP contribution >= 0.6 is 0 Å². The normalized spacial score (nSPS) is 10.5. The maximum absolute atomic E-state index is 3.82. The van der Waals surface area contributed by atoms with Gasteiger partial charge < -0.3 is 0 Å². The molecular weight excluding hydrogens is 252 g/mol. The molecule has 0 unspecified atom stereocenters. The highest BCUT2D eigenvalue weighted by atomic mass is 14.2. The monoisotopic (exact) mass is 270 g/mol. The van der Waals surface area contributed by atoms with Gasteiger partial charge in [0.1, 0.15) is 0 Å². The van der Waals surface area contributed by atoms with E-state index < -0.39 is 0 Å². The average Bonchev–Trinajstić information content (AvgIpc) is 2.58. The molecule has 0 fully saturated rings. The smallest absolute Gasteiger partial charge is 0.0339 e. The molecule has 0 amide bonds. The summed E-state index contributed by atoms with van der Waals surface area (Å²) in [6, 6.07) is 29.9. The number of hydrogen-bond donors (Lipinski definition) is 0. The molecule has 0 saturated carbocycles. The second kappa shape index (κ2) is 6.23. The predicted octanol–water partition coefficient (Wildman–Crippen LogP) is 5.51. The van der Waals surface area contributed by atoms with Gasteiger partial charge in [-0.25, -0.2) is 0 Å². The summed E-state index contributed by atoms with van der Waals surface area (Å²) >= 11 is 0. The van der Waals surface area contributed by atoms with Crippen LogP contribution in [0.5, 0.6) is 0 Å². The molecule has 0 aliphatic rings. The molecule has 0 nitrogen and oxygen atoms in total. The van der Waals surface area contributed by atoms with Crippen LogP contribution in [0.2, 0.25) is 0 Å². The van der Waals surface area contributed by atoms with E-state index in [2.05, 4.69) is 91.5 Å². The molecule has 21 heavy (non-hydrogen) atoms. The van der Waals surface area contributed by atoms with Crippen LogP contribution < -0.4 is 0 Å². The molecule has 3 aromatic rings. The summed E-state index contributed by atoms with van der Waals surface area (Å²) in [5.41, 5.74) is 5.08. The van der Waals surface area contributed by atoms with E-state index >= 15 is 0 Å². The molecule has 3 aromatic carbocycles. The Bertz CT molecular complexity index is 655. The first-order valence-corrected chi connectivity index (χ1v) is 7.21. The van der Waals surface area contributed by atoms with Crippen LogP contribution in [0.4, 0.5) is 0 Å². The van der Waals surface area contributed by atoms with E-state index in [1.807, 2.05) is 6.08 Å². The van der Waals surface area contributed by atoms with E-state index in [0.29, 0.717) is 0 Å². The molecular formula is C21H18. The van der Waals surface area contributed by atoms with Crippen LogP contribution in [0, 0.1) is 0 Å². The van der Waals surface area contributed by atoms with E-state index in [9.17, 15) is 0 Å². The second-order valence-electron chi connectivity index (χ2n) is 5.13. The third-order valence-electron chi connectivity index (χ3n) is 3.77. The van der Waals surface area contributed by atoms with Gasteiger partial charge in [-0.2, -0.15) is 0 Å². The fraction of sp³-hybridized carbons (Fsp3) is 0.0476. The van der Waals surface area contributed by atoms with Gasteiger partial charge in [0.25, 0.3) is 0 Å². The van der Waals surface area contributed by atoms with Gasteiger partial charge in [0.05, 0.1) is 0 Å². The molecule has 0 spiro atoms. The molecule has 0 N–H and O–H groups in total. The van der Waals surface area contributed by atoms with E-state index in [0.717, 1.165) is 5.56 Å². The van der Waals surface area contributed by atoms with Gasteiger partial charge in [-0.15, -0.1) is 0 Å². The van der Waals surface area contributed by atoms with Crippen molar-refractivity contribution in [1.82, 2.24) is 0 Å². The highest BCUT2D eigenvalue weighted by molar-refractivity contribution is 5.50. The van der Waals surface area contributed by atoms with Crippen molar-refractivity contribution in [1.29, 1.82) is 0 Å². The molecule has 0 radical (unpaired) electrons. The van der Waals surface area contributed by atoms with E-state index in [4.69, 9.17) is 0 Å². The Balaban J connectivity index is 2.09. The maximum Gasteiger partial charge on any atom is 0.0339 e. The third kappa shape index (κ3) is 2.95.